The molecule has 1 fully saturated rings. The van der Waals surface area contributed by atoms with Crippen molar-refractivity contribution in [2.45, 2.75) is 31.5 Å². The molecular weight excluding hydrogens is 561 g/mol. The number of carboxylic acids is 1. The lowest BCUT2D eigenvalue weighted by molar-refractivity contribution is -0.138. The fraction of sp³-hybridized carbons (Fsp3) is 0.321. The number of amides is 2. The second kappa shape index (κ2) is 13.4. The van der Waals surface area contributed by atoms with Crippen LogP contribution in [0.1, 0.15) is 36.6 Å². The summed E-state index contributed by atoms with van der Waals surface area (Å²) in [4.78, 5) is 38.7. The van der Waals surface area contributed by atoms with E-state index in [2.05, 4.69) is 10.6 Å². The predicted molar refractivity (Wildman–Crippen MR) is 154 cm³/mol. The molecule has 1 saturated heterocycles. The first-order valence-corrected chi connectivity index (χ1v) is 14.2. The number of hydrogen-bond acceptors (Lipinski definition) is 6. The summed E-state index contributed by atoms with van der Waals surface area (Å²) < 4.78 is 0.902. The third-order valence-corrected chi connectivity index (χ3v) is 8.62. The van der Waals surface area contributed by atoms with Gasteiger partial charge in [0.25, 0.3) is 0 Å². The standard InChI is InChI=1S/C28H29Cl2N3O5S/c29-24-19(14-20-10-13-39-26(20)25(24)30)6-7-22(34)33-11-8-18(9-12-33)28(38)32-21(15-23(35)36)16-31-27(37)17-4-2-1-3-5-17/h1-7,10,13-14,18,21,27,31,37H,8-9,11-12,15-16H2,(H,32,38)(H,35,36)/b7-6+/t21-,27?/m1/s1. The molecule has 2 aromatic carbocycles. The number of halogens is 2. The molecule has 1 aromatic heterocycles. The van der Waals surface area contributed by atoms with Crippen LogP contribution in [0.25, 0.3) is 16.2 Å². The molecule has 2 atom stereocenters. The summed E-state index contributed by atoms with van der Waals surface area (Å²) in [6, 6.07) is 12.0. The zero-order valence-electron chi connectivity index (χ0n) is 21.0. The number of nitrogens with one attached hydrogen (secondary N) is 2. The normalized spacial score (nSPS) is 15.9. The van der Waals surface area contributed by atoms with Gasteiger partial charge in [0.2, 0.25) is 11.8 Å². The molecule has 8 nitrogen and oxygen atoms in total. The predicted octanol–water partition coefficient (Wildman–Crippen LogP) is 4.70. The van der Waals surface area contributed by atoms with Gasteiger partial charge in [0.15, 0.2) is 0 Å². The maximum atomic E-state index is 12.9. The quantitative estimate of drug-likeness (QED) is 0.201. The first-order chi connectivity index (χ1) is 18.7. The molecule has 0 aliphatic carbocycles. The molecule has 2 amide bonds. The fourth-order valence-corrected chi connectivity index (χ4v) is 5.97. The zero-order valence-corrected chi connectivity index (χ0v) is 23.3. The van der Waals surface area contributed by atoms with E-state index in [1.54, 1.807) is 35.2 Å². The Morgan fingerprint density at radius 1 is 1.10 bits per heavy atom. The summed E-state index contributed by atoms with van der Waals surface area (Å²) in [5.41, 5.74) is 1.30. The number of rotatable bonds is 10. The van der Waals surface area contributed by atoms with Crippen LogP contribution in [-0.2, 0) is 14.4 Å². The highest BCUT2D eigenvalue weighted by molar-refractivity contribution is 7.18. The number of aliphatic hydroxyl groups is 1. The molecule has 3 aromatic rings. The van der Waals surface area contributed by atoms with Gasteiger partial charge in [-0.15, -0.1) is 11.3 Å². The third-order valence-electron chi connectivity index (χ3n) is 6.68. The molecule has 0 saturated carbocycles. The minimum Gasteiger partial charge on any atom is -0.481 e. The van der Waals surface area contributed by atoms with E-state index < -0.39 is 18.2 Å². The van der Waals surface area contributed by atoms with Gasteiger partial charge in [0, 0.05) is 31.6 Å². The Kier molecular flexibility index (Phi) is 9.99. The SMILES string of the molecule is O=C(O)C[C@H](CNC(O)c1ccccc1)NC(=O)C1CCN(C(=O)/C=C/c2cc3ccsc3c(Cl)c2Cl)CC1. The highest BCUT2D eigenvalue weighted by Crippen LogP contribution is 2.37. The van der Waals surface area contributed by atoms with Gasteiger partial charge < -0.3 is 20.4 Å². The van der Waals surface area contributed by atoms with Crippen LogP contribution in [0.2, 0.25) is 10.0 Å². The van der Waals surface area contributed by atoms with E-state index in [0.29, 0.717) is 47.1 Å². The minimum atomic E-state index is -1.05. The number of piperidine rings is 1. The molecule has 1 aliphatic rings. The van der Waals surface area contributed by atoms with E-state index in [-0.39, 0.29) is 30.7 Å². The molecule has 4 N–H and O–H groups in total. The molecular formula is C28H29Cl2N3O5S. The van der Waals surface area contributed by atoms with Crippen molar-refractivity contribution in [3.63, 3.8) is 0 Å². The van der Waals surface area contributed by atoms with Crippen LogP contribution < -0.4 is 10.6 Å². The summed E-state index contributed by atoms with van der Waals surface area (Å²) >= 11 is 14.3. The number of carbonyl (C=O) groups is 3. The Bertz CT molecular complexity index is 1360. The molecule has 1 unspecified atom stereocenters. The summed E-state index contributed by atoms with van der Waals surface area (Å²) in [5, 5.41) is 29.0. The molecule has 1 aliphatic heterocycles. The zero-order chi connectivity index (χ0) is 27.9. The first-order valence-electron chi connectivity index (χ1n) is 12.5. The van der Waals surface area contributed by atoms with E-state index in [9.17, 15) is 24.6 Å². The van der Waals surface area contributed by atoms with Crippen molar-refractivity contribution < 1.29 is 24.6 Å². The molecule has 4 rings (SSSR count). The number of nitrogens with zero attached hydrogens (tertiary/aromatic N) is 1. The Morgan fingerprint density at radius 3 is 2.51 bits per heavy atom. The number of aliphatic hydroxyl groups excluding tert-OH is 1. The van der Waals surface area contributed by atoms with Crippen molar-refractivity contribution in [2.24, 2.45) is 5.92 Å². The minimum absolute atomic E-state index is 0.0833. The number of carbonyl (C=O) groups excluding carboxylic acids is 2. The van der Waals surface area contributed by atoms with Gasteiger partial charge in [-0.3, -0.25) is 19.7 Å². The molecule has 39 heavy (non-hydrogen) atoms. The number of fused-ring (bicyclic) bond motifs is 1. The smallest absolute Gasteiger partial charge is 0.305 e. The van der Waals surface area contributed by atoms with Crippen molar-refractivity contribution in [3.05, 3.63) is 75.1 Å². The van der Waals surface area contributed by atoms with Crippen molar-refractivity contribution in [1.82, 2.24) is 15.5 Å². The van der Waals surface area contributed by atoms with E-state index in [1.807, 2.05) is 23.6 Å². The van der Waals surface area contributed by atoms with Crippen LogP contribution in [-0.4, -0.2) is 58.6 Å². The summed E-state index contributed by atoms with van der Waals surface area (Å²) in [7, 11) is 0. The number of aliphatic carboxylic acids is 1. The van der Waals surface area contributed by atoms with E-state index in [0.717, 1.165) is 10.1 Å². The van der Waals surface area contributed by atoms with Crippen LogP contribution in [0.3, 0.4) is 0 Å². The van der Waals surface area contributed by atoms with Gasteiger partial charge in [-0.2, -0.15) is 0 Å². The van der Waals surface area contributed by atoms with Crippen molar-refractivity contribution in [3.8, 4) is 0 Å². The third kappa shape index (κ3) is 7.58. The molecule has 206 valence electrons. The van der Waals surface area contributed by atoms with Crippen LogP contribution in [0.15, 0.2) is 53.9 Å². The number of benzene rings is 2. The number of hydrogen-bond donors (Lipinski definition) is 4. The van der Waals surface area contributed by atoms with Crippen LogP contribution in [0.5, 0.6) is 0 Å². The van der Waals surface area contributed by atoms with Crippen molar-refractivity contribution in [2.75, 3.05) is 19.6 Å². The van der Waals surface area contributed by atoms with Crippen molar-refractivity contribution in [1.29, 1.82) is 0 Å². The van der Waals surface area contributed by atoms with E-state index in [1.165, 1.54) is 17.4 Å². The Balaban J connectivity index is 1.29. The maximum Gasteiger partial charge on any atom is 0.305 e. The van der Waals surface area contributed by atoms with Gasteiger partial charge in [-0.05, 0) is 52.9 Å². The Morgan fingerprint density at radius 2 is 1.82 bits per heavy atom. The maximum absolute atomic E-state index is 12.9. The topological polar surface area (TPSA) is 119 Å². The summed E-state index contributed by atoms with van der Waals surface area (Å²) in [5.74, 6) is -1.84. The molecule has 0 spiro atoms. The van der Waals surface area contributed by atoms with Gasteiger partial charge in [0.05, 0.1) is 27.2 Å². The lowest BCUT2D eigenvalue weighted by Gasteiger charge is -2.31. The first kappa shape index (κ1) is 29.0. The van der Waals surface area contributed by atoms with Crippen molar-refractivity contribution >= 4 is 68.5 Å². The highest BCUT2D eigenvalue weighted by atomic mass is 35.5. The second-order valence-corrected chi connectivity index (χ2v) is 11.1. The van der Waals surface area contributed by atoms with Gasteiger partial charge in [-0.1, -0.05) is 53.5 Å². The lowest BCUT2D eigenvalue weighted by atomic mass is 9.95. The van der Waals surface area contributed by atoms with Gasteiger partial charge in [-0.25, -0.2) is 0 Å². The van der Waals surface area contributed by atoms with E-state index >= 15 is 0 Å². The highest BCUT2D eigenvalue weighted by Gasteiger charge is 2.28. The number of thiophene rings is 1. The summed E-state index contributed by atoms with van der Waals surface area (Å²) in [6.07, 6.45) is 2.76. The average Bonchev–Trinajstić information content (AvgIpc) is 3.41. The van der Waals surface area contributed by atoms with Gasteiger partial charge >= 0.3 is 5.97 Å². The van der Waals surface area contributed by atoms with Crippen LogP contribution in [0, 0.1) is 5.92 Å². The lowest BCUT2D eigenvalue weighted by Crippen LogP contribution is -2.48. The molecule has 0 radical (unpaired) electrons. The van der Waals surface area contributed by atoms with Crippen LogP contribution >= 0.6 is 34.5 Å². The largest absolute Gasteiger partial charge is 0.481 e. The van der Waals surface area contributed by atoms with Gasteiger partial charge in [0.1, 0.15) is 6.23 Å². The Labute approximate surface area is 240 Å². The Hall–Kier alpha value is -2.95. The molecule has 11 heteroatoms. The average molecular weight is 591 g/mol. The summed E-state index contributed by atoms with van der Waals surface area (Å²) in [6.45, 7) is 0.877. The number of likely N-dealkylation sites (tertiary alicyclic amines) is 1. The van der Waals surface area contributed by atoms with Crippen LogP contribution in [0.4, 0.5) is 0 Å². The van der Waals surface area contributed by atoms with E-state index in [4.69, 9.17) is 23.2 Å². The molecule has 0 bridgehead atoms. The fourth-order valence-electron chi connectivity index (χ4n) is 4.53. The number of carboxylic acid groups (broad SMARTS) is 1. The molecule has 2 heterocycles. The monoisotopic (exact) mass is 589 g/mol. The second-order valence-electron chi connectivity index (χ2n) is 9.39.